The van der Waals surface area contributed by atoms with E-state index in [1.54, 1.807) is 26.0 Å². The molecule has 130 valence electrons. The second-order valence-corrected chi connectivity index (χ2v) is 5.74. The fraction of sp³-hybridized carbons (Fsp3) is 0.105. The molecule has 0 saturated heterocycles. The van der Waals surface area contributed by atoms with Crippen molar-refractivity contribution in [2.24, 2.45) is 0 Å². The summed E-state index contributed by atoms with van der Waals surface area (Å²) in [6, 6.07) is 5.66. The van der Waals surface area contributed by atoms with Gasteiger partial charge in [0.05, 0.1) is 11.6 Å². The molecular weight excluding hydrogens is 340 g/mol. The van der Waals surface area contributed by atoms with E-state index in [-0.39, 0.29) is 5.88 Å². The number of fused-ring (bicyclic) bond motifs is 1. The molecule has 7 heteroatoms. The zero-order chi connectivity index (χ0) is 18.3. The number of aryl methyl sites for hydroxylation is 2. The minimum Gasteiger partial charge on any atom is -0.464 e. The van der Waals surface area contributed by atoms with Gasteiger partial charge in [-0.1, -0.05) is 0 Å². The summed E-state index contributed by atoms with van der Waals surface area (Å²) in [7, 11) is 0. The first-order valence-corrected chi connectivity index (χ1v) is 7.82. The Morgan fingerprint density at radius 1 is 0.962 bits per heavy atom. The van der Waals surface area contributed by atoms with Crippen LogP contribution in [0.25, 0.3) is 22.1 Å². The number of rotatable bonds is 3. The molecule has 4 rings (SSSR count). The Hall–Kier alpha value is -3.35. The van der Waals surface area contributed by atoms with Crippen molar-refractivity contribution in [3.8, 4) is 22.8 Å². The van der Waals surface area contributed by atoms with Crippen LogP contribution in [-0.2, 0) is 0 Å². The summed E-state index contributed by atoms with van der Waals surface area (Å²) < 4.78 is 39.9. The van der Waals surface area contributed by atoms with Gasteiger partial charge in [0, 0.05) is 23.1 Å². The second-order valence-electron chi connectivity index (χ2n) is 5.74. The van der Waals surface area contributed by atoms with E-state index >= 15 is 0 Å². The number of hydrogen-bond donors (Lipinski definition) is 0. The van der Waals surface area contributed by atoms with E-state index in [4.69, 9.17) is 9.15 Å². The Labute approximate surface area is 147 Å². The van der Waals surface area contributed by atoms with Gasteiger partial charge in [-0.05, 0) is 43.7 Å². The highest BCUT2D eigenvalue weighted by atomic mass is 19.1. The molecule has 0 amide bonds. The van der Waals surface area contributed by atoms with Crippen LogP contribution >= 0.6 is 0 Å². The van der Waals surface area contributed by atoms with E-state index in [1.165, 1.54) is 30.9 Å². The molecule has 0 radical (unpaired) electrons. The third-order valence-electron chi connectivity index (χ3n) is 4.06. The van der Waals surface area contributed by atoms with Crippen molar-refractivity contribution in [2.45, 2.75) is 13.8 Å². The van der Waals surface area contributed by atoms with Crippen LogP contribution in [0.15, 0.2) is 47.5 Å². The van der Waals surface area contributed by atoms with Crippen molar-refractivity contribution in [3.63, 3.8) is 0 Å². The lowest BCUT2D eigenvalue weighted by Crippen LogP contribution is -1.99. The van der Waals surface area contributed by atoms with Crippen LogP contribution in [-0.4, -0.2) is 15.0 Å². The summed E-state index contributed by atoms with van der Waals surface area (Å²) in [5, 5.41) is 0.526. The zero-order valence-corrected chi connectivity index (χ0v) is 14.0. The molecule has 0 saturated carbocycles. The summed E-state index contributed by atoms with van der Waals surface area (Å²) in [5.41, 5.74) is 2.72. The summed E-state index contributed by atoms with van der Waals surface area (Å²) >= 11 is 0. The number of hydrogen-bond acceptors (Lipinski definition) is 5. The van der Waals surface area contributed by atoms with Gasteiger partial charge in [-0.25, -0.2) is 23.7 Å². The maximum absolute atomic E-state index is 14.6. The topological polar surface area (TPSA) is 61.0 Å². The average molecular weight is 353 g/mol. The Bertz CT molecular complexity index is 1080. The number of aromatic nitrogens is 3. The number of pyridine rings is 1. The lowest BCUT2D eigenvalue weighted by molar-refractivity contribution is 0.399. The molecule has 0 aliphatic rings. The molecule has 26 heavy (non-hydrogen) atoms. The molecule has 0 N–H and O–H groups in total. The SMILES string of the molecule is Cc1ncnc(C)c1-c1cc(F)c(Oc2nccc3occc23)c(F)c1. The van der Waals surface area contributed by atoms with Crippen LogP contribution in [0.5, 0.6) is 11.6 Å². The quantitative estimate of drug-likeness (QED) is 0.520. The van der Waals surface area contributed by atoms with E-state index < -0.39 is 17.4 Å². The maximum Gasteiger partial charge on any atom is 0.230 e. The van der Waals surface area contributed by atoms with Gasteiger partial charge in [-0.15, -0.1) is 0 Å². The third kappa shape index (κ3) is 2.67. The van der Waals surface area contributed by atoms with Gasteiger partial charge in [0.1, 0.15) is 11.9 Å². The highest BCUT2D eigenvalue weighted by molar-refractivity contribution is 5.82. The molecule has 1 aromatic carbocycles. The van der Waals surface area contributed by atoms with Gasteiger partial charge in [0.25, 0.3) is 0 Å². The zero-order valence-electron chi connectivity index (χ0n) is 14.0. The molecule has 0 spiro atoms. The molecule has 0 unspecified atom stereocenters. The average Bonchev–Trinajstić information content (AvgIpc) is 3.07. The number of ether oxygens (including phenoxy) is 1. The normalized spacial score (nSPS) is 11.1. The minimum atomic E-state index is -0.843. The third-order valence-corrected chi connectivity index (χ3v) is 4.06. The van der Waals surface area contributed by atoms with Crippen molar-refractivity contribution in [1.29, 1.82) is 0 Å². The van der Waals surface area contributed by atoms with Crippen LogP contribution in [0, 0.1) is 25.5 Å². The van der Waals surface area contributed by atoms with Gasteiger partial charge in [0.2, 0.25) is 11.6 Å². The molecular formula is C19H13F2N3O2. The Morgan fingerprint density at radius 2 is 1.65 bits per heavy atom. The summed E-state index contributed by atoms with van der Waals surface area (Å²) in [6.07, 6.45) is 4.31. The number of benzene rings is 1. The van der Waals surface area contributed by atoms with E-state index in [0.717, 1.165) is 0 Å². The molecule has 0 bridgehead atoms. The smallest absolute Gasteiger partial charge is 0.230 e. The lowest BCUT2D eigenvalue weighted by atomic mass is 10.0. The van der Waals surface area contributed by atoms with Crippen LogP contribution in [0.4, 0.5) is 8.78 Å². The largest absolute Gasteiger partial charge is 0.464 e. The fourth-order valence-electron chi connectivity index (χ4n) is 2.86. The molecule has 3 aromatic heterocycles. The van der Waals surface area contributed by atoms with Gasteiger partial charge in [-0.3, -0.25) is 0 Å². The van der Waals surface area contributed by atoms with Crippen molar-refractivity contribution >= 4 is 11.0 Å². The Balaban J connectivity index is 1.79. The van der Waals surface area contributed by atoms with Gasteiger partial charge >= 0.3 is 0 Å². The molecule has 4 aromatic rings. The monoisotopic (exact) mass is 353 g/mol. The Kier molecular flexibility index (Phi) is 3.84. The van der Waals surface area contributed by atoms with E-state index in [2.05, 4.69) is 15.0 Å². The summed E-state index contributed by atoms with van der Waals surface area (Å²) in [5.74, 6) is -2.14. The Morgan fingerprint density at radius 3 is 2.35 bits per heavy atom. The molecule has 0 aliphatic heterocycles. The van der Waals surface area contributed by atoms with Gasteiger partial charge in [0.15, 0.2) is 11.6 Å². The first-order valence-electron chi connectivity index (χ1n) is 7.82. The number of nitrogens with zero attached hydrogens (tertiary/aromatic N) is 3. The van der Waals surface area contributed by atoms with Crippen LogP contribution in [0.2, 0.25) is 0 Å². The second kappa shape index (κ2) is 6.18. The van der Waals surface area contributed by atoms with Crippen molar-refractivity contribution in [1.82, 2.24) is 15.0 Å². The fourth-order valence-corrected chi connectivity index (χ4v) is 2.86. The first-order chi connectivity index (χ1) is 12.5. The van der Waals surface area contributed by atoms with E-state index in [0.29, 0.717) is 33.5 Å². The summed E-state index contributed by atoms with van der Waals surface area (Å²) in [4.78, 5) is 12.2. The standard InChI is InChI=1S/C19H13F2N3O2/c1-10-17(11(2)24-9-23-10)12-7-14(20)18(15(21)8-12)26-19-13-4-6-25-16(13)3-5-22-19/h3-9H,1-2H3. The van der Waals surface area contributed by atoms with Gasteiger partial charge < -0.3 is 9.15 Å². The summed E-state index contributed by atoms with van der Waals surface area (Å²) in [6.45, 7) is 3.52. The molecule has 3 heterocycles. The van der Waals surface area contributed by atoms with Crippen molar-refractivity contribution < 1.29 is 17.9 Å². The van der Waals surface area contributed by atoms with Crippen LogP contribution < -0.4 is 4.74 Å². The first kappa shape index (κ1) is 16.1. The number of furan rings is 1. The number of halogens is 2. The predicted molar refractivity (Wildman–Crippen MR) is 90.9 cm³/mol. The van der Waals surface area contributed by atoms with Crippen LogP contribution in [0.3, 0.4) is 0 Å². The highest BCUT2D eigenvalue weighted by Crippen LogP contribution is 2.35. The maximum atomic E-state index is 14.6. The minimum absolute atomic E-state index is 0.0669. The molecule has 0 atom stereocenters. The lowest BCUT2D eigenvalue weighted by Gasteiger charge is -2.12. The van der Waals surface area contributed by atoms with Crippen molar-refractivity contribution in [2.75, 3.05) is 0 Å². The van der Waals surface area contributed by atoms with E-state index in [9.17, 15) is 8.78 Å². The van der Waals surface area contributed by atoms with E-state index in [1.807, 2.05) is 0 Å². The molecule has 5 nitrogen and oxygen atoms in total. The highest BCUT2D eigenvalue weighted by Gasteiger charge is 2.19. The van der Waals surface area contributed by atoms with Gasteiger partial charge in [-0.2, -0.15) is 0 Å². The molecule has 0 fully saturated rings. The van der Waals surface area contributed by atoms with Crippen molar-refractivity contribution in [3.05, 3.63) is 66.1 Å². The predicted octanol–water partition coefficient (Wildman–Crippen LogP) is 4.97. The van der Waals surface area contributed by atoms with Crippen LogP contribution in [0.1, 0.15) is 11.4 Å². The molecule has 0 aliphatic carbocycles.